The van der Waals surface area contributed by atoms with Crippen molar-refractivity contribution in [1.29, 1.82) is 0 Å². The molecule has 0 aromatic heterocycles. The molecule has 7 N–H and O–H groups in total. The van der Waals surface area contributed by atoms with Gasteiger partial charge in [-0.15, -0.1) is 0 Å². The molecule has 0 radical (unpaired) electrons. The van der Waals surface area contributed by atoms with Crippen LogP contribution in [0.15, 0.2) is 23.9 Å². The van der Waals surface area contributed by atoms with Gasteiger partial charge in [-0.2, -0.15) is 0 Å². The number of methoxy groups -OCH3 is 3. The van der Waals surface area contributed by atoms with Gasteiger partial charge in [-0.25, -0.2) is 4.79 Å². The first-order chi connectivity index (χ1) is 23.0. The highest BCUT2D eigenvalue weighted by Crippen LogP contribution is 2.56. The molecule has 2 aromatic rings. The van der Waals surface area contributed by atoms with Crippen LogP contribution in [0.1, 0.15) is 75.4 Å². The lowest BCUT2D eigenvalue weighted by molar-refractivity contribution is -0.229. The van der Waals surface area contributed by atoms with E-state index in [-0.39, 0.29) is 11.1 Å². The van der Waals surface area contributed by atoms with E-state index in [1.807, 2.05) is 0 Å². The second kappa shape index (κ2) is 11.5. The fourth-order valence-electron chi connectivity index (χ4n) is 7.60. The van der Waals surface area contributed by atoms with Gasteiger partial charge in [0.1, 0.15) is 35.4 Å². The van der Waals surface area contributed by atoms with Crippen LogP contribution in [0.25, 0.3) is 0 Å². The molecule has 1 aliphatic heterocycles. The summed E-state index contributed by atoms with van der Waals surface area (Å²) in [6.07, 6.45) is -7.88. The Morgan fingerprint density at radius 2 is 1.63 bits per heavy atom. The number of ketones is 4. The van der Waals surface area contributed by atoms with Crippen LogP contribution in [-0.2, 0) is 31.0 Å². The van der Waals surface area contributed by atoms with Crippen LogP contribution in [0.5, 0.6) is 11.5 Å². The molecule has 49 heavy (non-hydrogen) atoms. The van der Waals surface area contributed by atoms with E-state index in [9.17, 15) is 54.6 Å². The number of Topliss-reactive ketones (excluding diaryl/α,β-unsaturated/α-hetero) is 3. The van der Waals surface area contributed by atoms with Gasteiger partial charge in [0, 0.05) is 43.4 Å². The van der Waals surface area contributed by atoms with Gasteiger partial charge in [0.05, 0.1) is 36.1 Å². The Morgan fingerprint density at radius 1 is 0.959 bits per heavy atom. The zero-order chi connectivity index (χ0) is 36.1. The molecule has 2 aromatic carbocycles. The van der Waals surface area contributed by atoms with Crippen LogP contribution in [0.3, 0.4) is 0 Å². The van der Waals surface area contributed by atoms with Crippen molar-refractivity contribution in [3.63, 3.8) is 0 Å². The van der Waals surface area contributed by atoms with E-state index in [0.29, 0.717) is 0 Å². The Hall–Kier alpha value is -4.55. The number of hydrogen-bond acceptors (Lipinski definition) is 16. The van der Waals surface area contributed by atoms with Gasteiger partial charge in [0.25, 0.3) is 0 Å². The summed E-state index contributed by atoms with van der Waals surface area (Å²) in [7, 11) is 3.24. The first kappa shape index (κ1) is 34.3. The quantitative estimate of drug-likeness (QED) is 0.188. The molecule has 6 rings (SSSR count). The first-order valence-corrected chi connectivity index (χ1v) is 15.0. The third-order valence-corrected chi connectivity index (χ3v) is 9.91. The highest BCUT2D eigenvalue weighted by Gasteiger charge is 2.72. The maximum absolute atomic E-state index is 14.5. The normalized spacial score (nSPS) is 32.1. The number of benzene rings is 2. The van der Waals surface area contributed by atoms with Crippen molar-refractivity contribution in [2.75, 3.05) is 21.3 Å². The van der Waals surface area contributed by atoms with E-state index in [1.165, 1.54) is 20.1 Å². The zero-order valence-corrected chi connectivity index (χ0v) is 26.8. The Balaban J connectivity index is 1.52. The van der Waals surface area contributed by atoms with Gasteiger partial charge >= 0.3 is 5.97 Å². The van der Waals surface area contributed by atoms with E-state index in [1.54, 1.807) is 6.92 Å². The Labute approximate surface area is 277 Å². The van der Waals surface area contributed by atoms with Crippen LogP contribution < -0.4 is 5.32 Å². The standard InChI is InChI=1S/C33H33NO15/c1-10-6-12-7-17(36)33(48-5)29(43)20-14(28(42)32(33,45)21(12)24(39)18(10)31(44)47-4)8-13-19(23(20)38)16(35)9-15(22(13)37)34-30-26(41)25(40)27(46-3)11(2)49-30/h6,8-9,11,17,25-27,30,34,36,38-41,45H,7H2,1-5H3/t11-,17-,25-,26+,27-,30-,32+,33-/m1/s1. The summed E-state index contributed by atoms with van der Waals surface area (Å²) < 4.78 is 21.0. The van der Waals surface area contributed by atoms with Gasteiger partial charge in [-0.3, -0.25) is 19.2 Å². The molecule has 0 unspecified atom stereocenters. The number of phenolic OH excluding ortho intramolecular Hbond substituents is 2. The molecule has 0 saturated carbocycles. The Kier molecular flexibility index (Phi) is 8.07. The smallest absolute Gasteiger partial charge is 0.341 e. The lowest BCUT2D eigenvalue weighted by Crippen LogP contribution is -2.73. The number of rotatable bonds is 5. The first-order valence-electron chi connectivity index (χ1n) is 15.0. The maximum atomic E-state index is 14.5. The van der Waals surface area contributed by atoms with Crippen LogP contribution in [0.4, 0.5) is 0 Å². The van der Waals surface area contributed by atoms with E-state index < -0.39 is 134 Å². The van der Waals surface area contributed by atoms with E-state index in [2.05, 4.69) is 5.32 Å². The molecule has 16 nitrogen and oxygen atoms in total. The van der Waals surface area contributed by atoms with Gasteiger partial charge < -0.3 is 54.9 Å². The second-order valence-electron chi connectivity index (χ2n) is 12.4. The number of esters is 1. The fraction of sp³-hybridized carbons (Fsp3) is 0.424. The van der Waals surface area contributed by atoms with Crippen molar-refractivity contribution in [3.05, 3.63) is 68.4 Å². The number of nitrogens with one attached hydrogen (secondary N) is 1. The minimum atomic E-state index is -3.25. The average molecular weight is 684 g/mol. The van der Waals surface area contributed by atoms with Crippen molar-refractivity contribution >= 4 is 29.1 Å². The molecular formula is C33H33NO15. The summed E-state index contributed by atoms with van der Waals surface area (Å²) in [5, 5.41) is 70.3. The fourth-order valence-corrected chi connectivity index (χ4v) is 7.60. The lowest BCUT2D eigenvalue weighted by Gasteiger charge is -2.52. The zero-order valence-electron chi connectivity index (χ0n) is 26.8. The van der Waals surface area contributed by atoms with Crippen molar-refractivity contribution in [1.82, 2.24) is 5.32 Å². The van der Waals surface area contributed by atoms with E-state index >= 15 is 0 Å². The molecule has 1 fully saturated rings. The molecule has 1 saturated heterocycles. The Bertz CT molecular complexity index is 1900. The minimum absolute atomic E-state index is 0.0176. The van der Waals surface area contributed by atoms with Crippen molar-refractivity contribution in [2.45, 2.75) is 68.2 Å². The molecule has 0 bridgehead atoms. The number of aliphatic hydroxyl groups is 4. The summed E-state index contributed by atoms with van der Waals surface area (Å²) in [5.74, 6) is -7.87. The van der Waals surface area contributed by atoms with Gasteiger partial charge in [-0.1, -0.05) is 6.07 Å². The Morgan fingerprint density at radius 3 is 2.24 bits per heavy atom. The number of aryl methyl sites for hydroxylation is 1. The number of hydrogen-bond donors (Lipinski definition) is 7. The number of carbonyl (C=O) groups is 5. The lowest BCUT2D eigenvalue weighted by atomic mass is 9.56. The van der Waals surface area contributed by atoms with Crippen LogP contribution in [0, 0.1) is 6.92 Å². The molecule has 3 aliphatic carbocycles. The molecule has 260 valence electrons. The number of fused-ring (bicyclic) bond motifs is 5. The highest BCUT2D eigenvalue weighted by atomic mass is 16.6. The molecule has 0 amide bonds. The average Bonchev–Trinajstić information content (AvgIpc) is 3.04. The maximum Gasteiger partial charge on any atom is 0.341 e. The molecule has 4 aliphatic rings. The van der Waals surface area contributed by atoms with Gasteiger partial charge in [0.2, 0.25) is 17.3 Å². The summed E-state index contributed by atoms with van der Waals surface area (Å²) in [6.45, 7) is 2.98. The van der Waals surface area contributed by atoms with Crippen LogP contribution in [-0.4, -0.2) is 123 Å². The SMILES string of the molecule is COC(=O)c1c(C)cc2c(c1O)[C@]1(O)C(=O)c3cc4c(c(O)c3C(=O)[C@]1(OC)[C@H](O)C2)C(=O)C=C(N[C@@H]1O[C@H](C)[C@@H](OC)[C@H](O)[C@@H]1O)C4=O. The third-order valence-electron chi connectivity index (χ3n) is 9.91. The predicted octanol–water partition coefficient (Wildman–Crippen LogP) is -0.904. The van der Waals surface area contributed by atoms with Crippen LogP contribution in [0.2, 0.25) is 0 Å². The molecule has 1 heterocycles. The topological polar surface area (TPSA) is 256 Å². The van der Waals surface area contributed by atoms with Gasteiger partial charge in [0.15, 0.2) is 23.2 Å². The van der Waals surface area contributed by atoms with Crippen molar-refractivity contribution < 1.29 is 73.6 Å². The second-order valence-corrected chi connectivity index (χ2v) is 12.4. The number of carbonyl (C=O) groups excluding carboxylic acids is 5. The number of allylic oxidation sites excluding steroid dienone is 2. The van der Waals surface area contributed by atoms with E-state index in [0.717, 1.165) is 26.4 Å². The molecule has 16 heteroatoms. The molecule has 0 spiro atoms. The summed E-state index contributed by atoms with van der Waals surface area (Å²) in [5.41, 5.74) is -10.4. The van der Waals surface area contributed by atoms with Crippen molar-refractivity contribution in [2.24, 2.45) is 0 Å². The number of aliphatic hydroxyl groups excluding tert-OH is 3. The molecular weight excluding hydrogens is 650 g/mol. The van der Waals surface area contributed by atoms with Crippen molar-refractivity contribution in [3.8, 4) is 11.5 Å². The summed E-state index contributed by atoms with van der Waals surface area (Å²) >= 11 is 0. The summed E-state index contributed by atoms with van der Waals surface area (Å²) in [4.78, 5) is 68.7. The van der Waals surface area contributed by atoms with Crippen LogP contribution >= 0.6 is 0 Å². The number of aromatic hydroxyl groups is 2. The predicted molar refractivity (Wildman–Crippen MR) is 161 cm³/mol. The number of ether oxygens (including phenoxy) is 4. The van der Waals surface area contributed by atoms with E-state index in [4.69, 9.17) is 18.9 Å². The monoisotopic (exact) mass is 683 g/mol. The highest BCUT2D eigenvalue weighted by molar-refractivity contribution is 6.31. The minimum Gasteiger partial charge on any atom is -0.507 e. The third kappa shape index (κ3) is 4.32. The summed E-state index contributed by atoms with van der Waals surface area (Å²) in [6, 6.07) is 2.12. The largest absolute Gasteiger partial charge is 0.507 e. The van der Waals surface area contributed by atoms with Gasteiger partial charge in [-0.05, 0) is 31.0 Å². The molecule has 8 atom stereocenters. The number of phenols is 2.